The van der Waals surface area contributed by atoms with E-state index in [1.54, 1.807) is 10.0 Å². The second-order valence-corrected chi connectivity index (χ2v) is 4.51. The van der Waals surface area contributed by atoms with E-state index in [0.29, 0.717) is 19.4 Å². The maximum Gasteiger partial charge on any atom is 0.268 e. The van der Waals surface area contributed by atoms with Crippen LogP contribution in [-0.4, -0.2) is 43.1 Å². The Morgan fingerprint density at radius 3 is 2.00 bits per heavy atom. The molecular weight excluding hydrogens is 174 g/mol. The van der Waals surface area contributed by atoms with Crippen molar-refractivity contribution in [3.05, 3.63) is 0 Å². The molecule has 1 saturated heterocycles. The van der Waals surface area contributed by atoms with Gasteiger partial charge >= 0.3 is 0 Å². The fraction of sp³-hybridized carbons (Fsp3) is 1.00. The molecule has 1 heterocycles. The van der Waals surface area contributed by atoms with Gasteiger partial charge in [-0.15, -0.1) is 0 Å². The zero-order valence-electron chi connectivity index (χ0n) is 8.19. The number of hydrazine groups is 1. The van der Waals surface area contributed by atoms with E-state index < -0.39 is 11.3 Å². The molecule has 0 N–H and O–H groups in total. The first kappa shape index (κ1) is 9.34. The Morgan fingerprint density at radius 2 is 1.77 bits per heavy atom. The van der Waals surface area contributed by atoms with Crippen LogP contribution >= 0.6 is 0 Å². The summed E-state index contributed by atoms with van der Waals surface area (Å²) in [5.74, 6) is -2.48. The lowest BCUT2D eigenvalue weighted by molar-refractivity contribution is -0.123. The second kappa shape index (κ2) is 2.64. The molecular formula is C9H16F2N2. The van der Waals surface area contributed by atoms with Crippen LogP contribution in [0.2, 0.25) is 0 Å². The molecule has 2 nitrogen and oxygen atoms in total. The molecule has 76 valence electrons. The van der Waals surface area contributed by atoms with Gasteiger partial charge < -0.3 is 0 Å². The number of nitrogens with zero attached hydrogens (tertiary/aromatic N) is 2. The van der Waals surface area contributed by atoms with Gasteiger partial charge in [-0.05, 0) is 12.8 Å². The fourth-order valence-corrected chi connectivity index (χ4v) is 2.33. The van der Waals surface area contributed by atoms with Crippen LogP contribution in [0.25, 0.3) is 0 Å². The molecule has 1 saturated carbocycles. The van der Waals surface area contributed by atoms with E-state index in [1.165, 1.54) is 0 Å². The second-order valence-electron chi connectivity index (χ2n) is 4.51. The molecule has 0 aromatic carbocycles. The summed E-state index contributed by atoms with van der Waals surface area (Å²) in [5, 5.41) is 3.53. The highest BCUT2D eigenvalue weighted by Gasteiger charge is 2.62. The van der Waals surface area contributed by atoms with Crippen molar-refractivity contribution in [1.29, 1.82) is 0 Å². The SMILES string of the molecule is CN(C)N1CC(F)(F)C2(CCC2)C1. The maximum absolute atomic E-state index is 13.6. The molecule has 4 heteroatoms. The van der Waals surface area contributed by atoms with Crippen LogP contribution in [0.3, 0.4) is 0 Å². The zero-order valence-corrected chi connectivity index (χ0v) is 8.19. The summed E-state index contributed by atoms with van der Waals surface area (Å²) in [5.41, 5.74) is -0.683. The summed E-state index contributed by atoms with van der Waals surface area (Å²) in [4.78, 5) is 0. The summed E-state index contributed by atoms with van der Waals surface area (Å²) in [7, 11) is 3.65. The predicted octanol–water partition coefficient (Wildman–Crippen LogP) is 1.58. The van der Waals surface area contributed by atoms with Gasteiger partial charge in [0.05, 0.1) is 6.54 Å². The molecule has 0 aromatic rings. The third kappa shape index (κ3) is 1.19. The van der Waals surface area contributed by atoms with Gasteiger partial charge in [0.2, 0.25) is 0 Å². The monoisotopic (exact) mass is 190 g/mol. The van der Waals surface area contributed by atoms with Gasteiger partial charge in [-0.2, -0.15) is 0 Å². The van der Waals surface area contributed by atoms with E-state index in [0.717, 1.165) is 6.42 Å². The molecule has 0 aromatic heterocycles. The third-order valence-corrected chi connectivity index (χ3v) is 3.52. The predicted molar refractivity (Wildman–Crippen MR) is 46.5 cm³/mol. The van der Waals surface area contributed by atoms with Gasteiger partial charge in [-0.3, -0.25) is 0 Å². The first-order chi connectivity index (χ1) is 5.97. The van der Waals surface area contributed by atoms with E-state index in [1.807, 2.05) is 14.1 Å². The van der Waals surface area contributed by atoms with Crippen LogP contribution in [0.15, 0.2) is 0 Å². The van der Waals surface area contributed by atoms with Gasteiger partial charge in [-0.1, -0.05) is 6.42 Å². The molecule has 0 atom stereocenters. The van der Waals surface area contributed by atoms with Gasteiger partial charge in [-0.25, -0.2) is 18.8 Å². The highest BCUT2D eigenvalue weighted by atomic mass is 19.3. The molecule has 2 aliphatic rings. The van der Waals surface area contributed by atoms with Crippen LogP contribution in [0, 0.1) is 5.41 Å². The molecule has 0 unspecified atom stereocenters. The van der Waals surface area contributed by atoms with Crippen molar-refractivity contribution in [2.75, 3.05) is 27.2 Å². The Morgan fingerprint density at radius 1 is 1.15 bits per heavy atom. The summed E-state index contributed by atoms with van der Waals surface area (Å²) in [6, 6.07) is 0. The van der Waals surface area contributed by atoms with Gasteiger partial charge in [0.15, 0.2) is 0 Å². The average Bonchev–Trinajstić information content (AvgIpc) is 2.19. The van der Waals surface area contributed by atoms with Crippen LogP contribution in [0.4, 0.5) is 8.78 Å². The van der Waals surface area contributed by atoms with Crippen molar-refractivity contribution in [3.8, 4) is 0 Å². The molecule has 13 heavy (non-hydrogen) atoms. The van der Waals surface area contributed by atoms with Crippen LogP contribution in [-0.2, 0) is 0 Å². The van der Waals surface area contributed by atoms with Crippen molar-refractivity contribution >= 4 is 0 Å². The number of hydrogen-bond donors (Lipinski definition) is 0. The topological polar surface area (TPSA) is 6.48 Å². The molecule has 1 aliphatic carbocycles. The van der Waals surface area contributed by atoms with E-state index in [4.69, 9.17) is 0 Å². The quantitative estimate of drug-likeness (QED) is 0.619. The molecule has 1 aliphatic heterocycles. The van der Waals surface area contributed by atoms with Crippen molar-refractivity contribution in [1.82, 2.24) is 10.0 Å². The smallest absolute Gasteiger partial charge is 0.248 e. The summed E-state index contributed by atoms with van der Waals surface area (Å²) < 4.78 is 27.2. The molecule has 0 radical (unpaired) electrons. The highest BCUT2D eigenvalue weighted by molar-refractivity contribution is 5.06. The van der Waals surface area contributed by atoms with E-state index in [2.05, 4.69) is 0 Å². The van der Waals surface area contributed by atoms with Gasteiger partial charge in [0, 0.05) is 26.1 Å². The Balaban J connectivity index is 2.14. The largest absolute Gasteiger partial charge is 0.268 e. The van der Waals surface area contributed by atoms with E-state index in [-0.39, 0.29) is 6.54 Å². The lowest BCUT2D eigenvalue weighted by Gasteiger charge is -2.42. The lowest BCUT2D eigenvalue weighted by Crippen LogP contribution is -2.45. The zero-order chi connectivity index (χ0) is 9.69. The molecule has 1 spiro atoms. The van der Waals surface area contributed by atoms with Gasteiger partial charge in [0.1, 0.15) is 0 Å². The van der Waals surface area contributed by atoms with Crippen LogP contribution in [0.1, 0.15) is 19.3 Å². The normalized spacial score (nSPS) is 31.2. The first-order valence-electron chi connectivity index (χ1n) is 4.77. The fourth-order valence-electron chi connectivity index (χ4n) is 2.33. The Bertz CT molecular complexity index is 212. The molecule has 0 amide bonds. The van der Waals surface area contributed by atoms with Crippen LogP contribution < -0.4 is 0 Å². The van der Waals surface area contributed by atoms with Crippen LogP contribution in [0.5, 0.6) is 0 Å². The Kier molecular flexibility index (Phi) is 1.90. The standard InChI is InChI=1S/C9H16F2N2/c1-12(2)13-6-8(4-3-5-8)9(10,11)7-13/h3-7H2,1-2H3. The molecule has 2 rings (SSSR count). The highest BCUT2D eigenvalue weighted by Crippen LogP contribution is 2.56. The third-order valence-electron chi connectivity index (χ3n) is 3.52. The number of hydrogen-bond acceptors (Lipinski definition) is 2. The summed E-state index contributed by atoms with van der Waals surface area (Å²) in [6.45, 7) is 0.438. The van der Waals surface area contributed by atoms with E-state index >= 15 is 0 Å². The minimum Gasteiger partial charge on any atom is -0.248 e. The molecule has 0 bridgehead atoms. The molecule has 2 fully saturated rings. The van der Waals surface area contributed by atoms with Gasteiger partial charge in [0.25, 0.3) is 5.92 Å². The minimum absolute atomic E-state index is 0.0972. The van der Waals surface area contributed by atoms with Crippen molar-refractivity contribution in [2.24, 2.45) is 5.41 Å². The minimum atomic E-state index is -2.48. The number of rotatable bonds is 1. The summed E-state index contributed by atoms with van der Waals surface area (Å²) in [6.07, 6.45) is 2.37. The first-order valence-corrected chi connectivity index (χ1v) is 4.77. The maximum atomic E-state index is 13.6. The number of halogens is 2. The number of alkyl halides is 2. The van der Waals surface area contributed by atoms with Crippen molar-refractivity contribution < 1.29 is 8.78 Å². The Hall–Kier alpha value is -0.220. The average molecular weight is 190 g/mol. The lowest BCUT2D eigenvalue weighted by atomic mass is 9.66. The summed E-state index contributed by atoms with van der Waals surface area (Å²) >= 11 is 0. The Labute approximate surface area is 77.5 Å². The van der Waals surface area contributed by atoms with E-state index in [9.17, 15) is 8.78 Å². The van der Waals surface area contributed by atoms with Crippen molar-refractivity contribution in [3.63, 3.8) is 0 Å². The van der Waals surface area contributed by atoms with Crippen molar-refractivity contribution in [2.45, 2.75) is 25.2 Å².